The number of ether oxygens (including phenoxy) is 1. The number of amides is 3. The van der Waals surface area contributed by atoms with Crippen LogP contribution in [0.4, 0.5) is 10.5 Å². The molecule has 3 amide bonds. The van der Waals surface area contributed by atoms with E-state index in [-0.39, 0.29) is 30.6 Å². The number of hydrogen-bond donors (Lipinski definition) is 1. The van der Waals surface area contributed by atoms with Crippen LogP contribution in [0.2, 0.25) is 0 Å². The van der Waals surface area contributed by atoms with E-state index in [2.05, 4.69) is 15.3 Å². The highest BCUT2D eigenvalue weighted by molar-refractivity contribution is 5.96. The zero-order valence-corrected chi connectivity index (χ0v) is 19.0. The molecule has 0 spiro atoms. The number of rotatable bonds is 6. The van der Waals surface area contributed by atoms with Crippen LogP contribution in [0.3, 0.4) is 0 Å². The van der Waals surface area contributed by atoms with Crippen molar-refractivity contribution in [2.24, 2.45) is 0 Å². The Labute approximate surface area is 189 Å². The van der Waals surface area contributed by atoms with E-state index < -0.39 is 0 Å². The molecule has 0 bridgehead atoms. The SMILES string of the molecule is Cc1ccc(N2CCN(CC(=O)NC3CCC(Oc4nc(C)cc(C)n4)CC3)C2=O)cc1. The highest BCUT2D eigenvalue weighted by Crippen LogP contribution is 2.23. The third-order valence-corrected chi connectivity index (χ3v) is 6.05. The van der Waals surface area contributed by atoms with Crippen molar-refractivity contribution in [2.45, 2.75) is 58.6 Å². The molecule has 1 aromatic heterocycles. The van der Waals surface area contributed by atoms with Crippen LogP contribution in [0, 0.1) is 20.8 Å². The number of nitrogens with one attached hydrogen (secondary N) is 1. The van der Waals surface area contributed by atoms with Gasteiger partial charge in [-0.25, -0.2) is 14.8 Å². The number of urea groups is 1. The maximum atomic E-state index is 12.7. The summed E-state index contributed by atoms with van der Waals surface area (Å²) >= 11 is 0. The summed E-state index contributed by atoms with van der Waals surface area (Å²) in [6.07, 6.45) is 3.42. The van der Waals surface area contributed by atoms with E-state index in [1.807, 2.05) is 51.1 Å². The number of carbonyl (C=O) groups excluding carboxylic acids is 2. The zero-order chi connectivity index (χ0) is 22.7. The van der Waals surface area contributed by atoms with Crippen molar-refractivity contribution in [3.05, 3.63) is 47.3 Å². The molecule has 0 unspecified atom stereocenters. The highest BCUT2D eigenvalue weighted by atomic mass is 16.5. The van der Waals surface area contributed by atoms with Gasteiger partial charge in [0.1, 0.15) is 12.6 Å². The van der Waals surface area contributed by atoms with Crippen LogP contribution in [0.15, 0.2) is 30.3 Å². The maximum Gasteiger partial charge on any atom is 0.325 e. The summed E-state index contributed by atoms with van der Waals surface area (Å²) in [5.74, 6) is -0.105. The number of aromatic nitrogens is 2. The van der Waals surface area contributed by atoms with E-state index in [4.69, 9.17) is 4.74 Å². The van der Waals surface area contributed by atoms with Gasteiger partial charge in [0.05, 0.1) is 0 Å². The van der Waals surface area contributed by atoms with Gasteiger partial charge >= 0.3 is 12.0 Å². The molecule has 2 aromatic rings. The number of hydrogen-bond acceptors (Lipinski definition) is 5. The second kappa shape index (κ2) is 9.54. The zero-order valence-electron chi connectivity index (χ0n) is 19.0. The maximum absolute atomic E-state index is 12.7. The van der Waals surface area contributed by atoms with Crippen molar-refractivity contribution in [2.75, 3.05) is 24.5 Å². The number of benzene rings is 1. The van der Waals surface area contributed by atoms with Crippen LogP contribution in [0.5, 0.6) is 6.01 Å². The summed E-state index contributed by atoms with van der Waals surface area (Å²) in [7, 11) is 0. The van der Waals surface area contributed by atoms with E-state index in [1.165, 1.54) is 0 Å². The third-order valence-electron chi connectivity index (χ3n) is 6.05. The summed E-state index contributed by atoms with van der Waals surface area (Å²) in [5.41, 5.74) is 3.81. The first-order chi connectivity index (χ1) is 15.4. The van der Waals surface area contributed by atoms with Gasteiger partial charge in [-0.2, -0.15) is 0 Å². The summed E-state index contributed by atoms with van der Waals surface area (Å²) in [4.78, 5) is 37.3. The van der Waals surface area contributed by atoms with Crippen molar-refractivity contribution >= 4 is 17.6 Å². The van der Waals surface area contributed by atoms with Crippen molar-refractivity contribution in [1.29, 1.82) is 0 Å². The van der Waals surface area contributed by atoms with Gasteiger partial charge in [-0.1, -0.05) is 17.7 Å². The summed E-state index contributed by atoms with van der Waals surface area (Å²) in [6, 6.07) is 10.2. The fourth-order valence-corrected chi connectivity index (χ4v) is 4.36. The number of aryl methyl sites for hydroxylation is 3. The van der Waals surface area contributed by atoms with Crippen molar-refractivity contribution in [3.8, 4) is 6.01 Å². The van der Waals surface area contributed by atoms with Gasteiger partial charge in [-0.15, -0.1) is 0 Å². The number of anilines is 1. The largest absolute Gasteiger partial charge is 0.460 e. The molecular weight excluding hydrogens is 406 g/mol. The van der Waals surface area contributed by atoms with Crippen molar-refractivity contribution < 1.29 is 14.3 Å². The minimum Gasteiger partial charge on any atom is -0.460 e. The standard InChI is InChI=1S/C24H31N5O3/c1-16-4-8-20(9-5-16)29-13-12-28(24(29)31)15-22(30)27-19-6-10-21(11-7-19)32-23-25-17(2)14-18(3)26-23/h4-5,8-9,14,19,21H,6-7,10-13,15H2,1-3H3,(H,27,30). The molecule has 1 saturated carbocycles. The average molecular weight is 438 g/mol. The second-order valence-electron chi connectivity index (χ2n) is 8.78. The lowest BCUT2D eigenvalue weighted by molar-refractivity contribution is -0.122. The molecule has 1 saturated heterocycles. The summed E-state index contributed by atoms with van der Waals surface area (Å²) in [6.45, 7) is 7.12. The molecule has 2 fully saturated rings. The summed E-state index contributed by atoms with van der Waals surface area (Å²) < 4.78 is 5.96. The highest BCUT2D eigenvalue weighted by Gasteiger charge is 2.32. The van der Waals surface area contributed by atoms with Crippen LogP contribution in [0.1, 0.15) is 42.6 Å². The first kappa shape index (κ1) is 22.0. The average Bonchev–Trinajstić information content (AvgIpc) is 3.09. The van der Waals surface area contributed by atoms with E-state index in [1.54, 1.807) is 9.80 Å². The Hall–Kier alpha value is -3.16. The molecule has 2 aliphatic rings. The third kappa shape index (κ3) is 5.36. The molecule has 1 aliphatic carbocycles. The van der Waals surface area contributed by atoms with Crippen LogP contribution >= 0.6 is 0 Å². The molecule has 170 valence electrons. The Morgan fingerprint density at radius 3 is 2.34 bits per heavy atom. The van der Waals surface area contributed by atoms with Crippen LogP contribution in [0.25, 0.3) is 0 Å². The van der Waals surface area contributed by atoms with Gasteiger partial charge < -0.3 is 15.0 Å². The Morgan fingerprint density at radius 2 is 1.69 bits per heavy atom. The lowest BCUT2D eigenvalue weighted by Gasteiger charge is -2.29. The van der Waals surface area contributed by atoms with Gasteiger partial charge in [0.15, 0.2) is 0 Å². The molecule has 1 N–H and O–H groups in total. The Kier molecular flexibility index (Phi) is 6.58. The van der Waals surface area contributed by atoms with Crippen LogP contribution in [-0.4, -0.2) is 58.6 Å². The monoisotopic (exact) mass is 437 g/mol. The predicted molar refractivity (Wildman–Crippen MR) is 122 cm³/mol. The molecule has 8 nitrogen and oxygen atoms in total. The molecular formula is C24H31N5O3. The number of carbonyl (C=O) groups is 2. The molecule has 32 heavy (non-hydrogen) atoms. The Morgan fingerprint density at radius 1 is 1.03 bits per heavy atom. The summed E-state index contributed by atoms with van der Waals surface area (Å²) in [5, 5.41) is 3.09. The molecule has 4 rings (SSSR count). The van der Waals surface area contributed by atoms with E-state index in [0.717, 1.165) is 48.3 Å². The van der Waals surface area contributed by atoms with Crippen molar-refractivity contribution in [1.82, 2.24) is 20.2 Å². The minimum absolute atomic E-state index is 0.0626. The lowest BCUT2D eigenvalue weighted by Crippen LogP contribution is -2.45. The number of nitrogens with zero attached hydrogens (tertiary/aromatic N) is 4. The Balaban J connectivity index is 1.22. The lowest BCUT2D eigenvalue weighted by atomic mass is 9.93. The van der Waals surface area contributed by atoms with Gasteiger partial charge in [0.25, 0.3) is 0 Å². The Bertz CT molecular complexity index is 950. The van der Waals surface area contributed by atoms with E-state index in [9.17, 15) is 9.59 Å². The predicted octanol–water partition coefficient (Wildman–Crippen LogP) is 3.15. The van der Waals surface area contributed by atoms with Crippen LogP contribution in [-0.2, 0) is 4.79 Å². The van der Waals surface area contributed by atoms with E-state index >= 15 is 0 Å². The molecule has 1 aliphatic heterocycles. The molecule has 0 atom stereocenters. The second-order valence-corrected chi connectivity index (χ2v) is 8.78. The molecule has 8 heteroatoms. The smallest absolute Gasteiger partial charge is 0.325 e. The molecule has 0 radical (unpaired) electrons. The van der Waals surface area contributed by atoms with E-state index in [0.29, 0.717) is 19.1 Å². The van der Waals surface area contributed by atoms with Crippen LogP contribution < -0.4 is 15.0 Å². The topological polar surface area (TPSA) is 87.7 Å². The van der Waals surface area contributed by atoms with Gasteiger partial charge in [0, 0.05) is 36.2 Å². The van der Waals surface area contributed by atoms with Gasteiger partial charge in [0.2, 0.25) is 5.91 Å². The first-order valence-corrected chi connectivity index (χ1v) is 11.3. The first-order valence-electron chi connectivity index (χ1n) is 11.3. The quantitative estimate of drug-likeness (QED) is 0.750. The van der Waals surface area contributed by atoms with Gasteiger partial charge in [-0.3, -0.25) is 9.69 Å². The molecule has 2 heterocycles. The normalized spacial score (nSPS) is 21.0. The van der Waals surface area contributed by atoms with Crippen molar-refractivity contribution in [3.63, 3.8) is 0 Å². The van der Waals surface area contributed by atoms with Gasteiger partial charge in [-0.05, 0) is 64.7 Å². The fourth-order valence-electron chi connectivity index (χ4n) is 4.36. The fraction of sp³-hybridized carbons (Fsp3) is 0.500. The minimum atomic E-state index is -0.116. The molecule has 1 aromatic carbocycles.